The number of nitrogens with two attached hydrogens (primary N) is 1. The average Bonchev–Trinajstić information content (AvgIpc) is 1.81. The molecule has 0 amide bonds. The van der Waals surface area contributed by atoms with Crippen LogP contribution in [0.25, 0.3) is 0 Å². The Hall–Kier alpha value is -0.0800. The Morgan fingerprint density at radius 1 is 1.30 bits per heavy atom. The predicted molar refractivity (Wildman–Crippen MR) is 46.0 cm³/mol. The van der Waals surface area contributed by atoms with E-state index in [-0.39, 0.29) is 0 Å². The Bertz CT molecular complexity index is 79.3. The van der Waals surface area contributed by atoms with Crippen molar-refractivity contribution in [3.8, 4) is 0 Å². The Labute approximate surface area is 64.4 Å². The van der Waals surface area contributed by atoms with Crippen molar-refractivity contribution in [1.82, 2.24) is 4.90 Å². The van der Waals surface area contributed by atoms with E-state index < -0.39 is 0 Å². The molecular formula is C8H20N2. The predicted octanol–water partition coefficient (Wildman–Crippen LogP) is 0.921. The summed E-state index contributed by atoms with van der Waals surface area (Å²) in [6.07, 6.45) is 1.20. The molecule has 0 radical (unpaired) electrons. The second-order valence-electron chi connectivity index (χ2n) is 3.48. The summed E-state index contributed by atoms with van der Waals surface area (Å²) in [7, 11) is 4.17. The Balaban J connectivity index is 3.60. The zero-order chi connectivity index (χ0) is 8.15. The first kappa shape index (κ1) is 9.92. The first-order chi connectivity index (χ1) is 4.57. The summed E-state index contributed by atoms with van der Waals surface area (Å²) in [6.45, 7) is 5.23. The lowest BCUT2D eigenvalue weighted by Crippen LogP contribution is -2.36. The molecule has 2 nitrogen and oxygen atoms in total. The molecule has 0 aliphatic carbocycles. The SMILES string of the molecule is CC(C)C[C@H](CN)N(C)C. The summed E-state index contributed by atoms with van der Waals surface area (Å²) >= 11 is 0. The standard InChI is InChI=1S/C8H20N2/c1-7(2)5-8(6-9)10(3)4/h7-8H,5-6,9H2,1-4H3/t8-/m1/s1. The number of hydrogen-bond donors (Lipinski definition) is 1. The van der Waals surface area contributed by atoms with Crippen molar-refractivity contribution in [1.29, 1.82) is 0 Å². The van der Waals surface area contributed by atoms with Gasteiger partial charge in [-0.05, 0) is 26.4 Å². The van der Waals surface area contributed by atoms with Crippen molar-refractivity contribution < 1.29 is 0 Å². The quantitative estimate of drug-likeness (QED) is 0.636. The monoisotopic (exact) mass is 144 g/mol. The normalized spacial score (nSPS) is 14.7. The summed E-state index contributed by atoms with van der Waals surface area (Å²) in [5.74, 6) is 0.746. The minimum absolute atomic E-state index is 0.556. The lowest BCUT2D eigenvalue weighted by atomic mass is 10.0. The second kappa shape index (κ2) is 4.69. The zero-order valence-electron chi connectivity index (χ0n) is 7.59. The van der Waals surface area contributed by atoms with E-state index in [1.807, 2.05) is 0 Å². The van der Waals surface area contributed by atoms with Crippen LogP contribution in [0.3, 0.4) is 0 Å². The van der Waals surface area contributed by atoms with Crippen molar-refractivity contribution in [3.63, 3.8) is 0 Å². The van der Waals surface area contributed by atoms with E-state index in [9.17, 15) is 0 Å². The van der Waals surface area contributed by atoms with Crippen LogP contribution >= 0.6 is 0 Å². The maximum atomic E-state index is 5.58. The molecule has 10 heavy (non-hydrogen) atoms. The fraction of sp³-hybridized carbons (Fsp3) is 1.00. The van der Waals surface area contributed by atoms with E-state index in [1.54, 1.807) is 0 Å². The molecule has 0 aromatic heterocycles. The first-order valence-electron chi connectivity index (χ1n) is 3.94. The van der Waals surface area contributed by atoms with Crippen LogP contribution in [0.1, 0.15) is 20.3 Å². The summed E-state index contributed by atoms with van der Waals surface area (Å²) in [5, 5.41) is 0. The summed E-state index contributed by atoms with van der Waals surface area (Å²) in [6, 6.07) is 0.556. The van der Waals surface area contributed by atoms with Gasteiger partial charge in [0.25, 0.3) is 0 Å². The minimum atomic E-state index is 0.556. The molecule has 0 aliphatic heterocycles. The van der Waals surface area contributed by atoms with Crippen LogP contribution in [-0.4, -0.2) is 31.6 Å². The molecule has 0 heterocycles. The number of likely N-dealkylation sites (N-methyl/N-ethyl adjacent to an activating group) is 1. The van der Waals surface area contributed by atoms with E-state index in [4.69, 9.17) is 5.73 Å². The van der Waals surface area contributed by atoms with Crippen LogP contribution < -0.4 is 5.73 Å². The van der Waals surface area contributed by atoms with Gasteiger partial charge in [0.05, 0.1) is 0 Å². The molecule has 0 rings (SSSR count). The van der Waals surface area contributed by atoms with Crippen molar-refractivity contribution in [2.24, 2.45) is 11.7 Å². The van der Waals surface area contributed by atoms with Crippen LogP contribution in [0.15, 0.2) is 0 Å². The first-order valence-corrected chi connectivity index (χ1v) is 3.94. The van der Waals surface area contributed by atoms with Crippen LogP contribution in [0.2, 0.25) is 0 Å². The van der Waals surface area contributed by atoms with Gasteiger partial charge < -0.3 is 10.6 Å². The van der Waals surface area contributed by atoms with E-state index in [0.717, 1.165) is 12.5 Å². The fourth-order valence-electron chi connectivity index (χ4n) is 1.06. The van der Waals surface area contributed by atoms with E-state index in [2.05, 4.69) is 32.8 Å². The van der Waals surface area contributed by atoms with Gasteiger partial charge in [0, 0.05) is 12.6 Å². The number of hydrogen-bond acceptors (Lipinski definition) is 2. The molecule has 0 unspecified atom stereocenters. The molecular weight excluding hydrogens is 124 g/mol. The van der Waals surface area contributed by atoms with Crippen LogP contribution in [-0.2, 0) is 0 Å². The Kier molecular flexibility index (Phi) is 4.65. The summed E-state index contributed by atoms with van der Waals surface area (Å²) in [4.78, 5) is 2.19. The molecule has 0 spiro atoms. The fourth-order valence-corrected chi connectivity index (χ4v) is 1.06. The van der Waals surface area contributed by atoms with Gasteiger partial charge in [-0.3, -0.25) is 0 Å². The summed E-state index contributed by atoms with van der Waals surface area (Å²) in [5.41, 5.74) is 5.58. The van der Waals surface area contributed by atoms with Gasteiger partial charge in [0.1, 0.15) is 0 Å². The smallest absolute Gasteiger partial charge is 0.0214 e. The second-order valence-corrected chi connectivity index (χ2v) is 3.48. The number of nitrogens with zero attached hydrogens (tertiary/aromatic N) is 1. The van der Waals surface area contributed by atoms with Gasteiger partial charge in [-0.15, -0.1) is 0 Å². The van der Waals surface area contributed by atoms with Gasteiger partial charge in [-0.1, -0.05) is 13.8 Å². The molecule has 2 N–H and O–H groups in total. The molecule has 0 fully saturated rings. The molecule has 1 atom stereocenters. The van der Waals surface area contributed by atoms with Crippen molar-refractivity contribution >= 4 is 0 Å². The van der Waals surface area contributed by atoms with E-state index >= 15 is 0 Å². The third-order valence-corrected chi connectivity index (χ3v) is 1.75. The Morgan fingerprint density at radius 2 is 1.80 bits per heavy atom. The third-order valence-electron chi connectivity index (χ3n) is 1.75. The maximum absolute atomic E-state index is 5.58. The number of rotatable bonds is 4. The molecule has 0 aliphatic rings. The highest BCUT2D eigenvalue weighted by molar-refractivity contribution is 4.67. The largest absolute Gasteiger partial charge is 0.329 e. The van der Waals surface area contributed by atoms with Crippen molar-refractivity contribution in [3.05, 3.63) is 0 Å². The van der Waals surface area contributed by atoms with Gasteiger partial charge in [0.15, 0.2) is 0 Å². The molecule has 62 valence electrons. The maximum Gasteiger partial charge on any atom is 0.0214 e. The summed E-state index contributed by atoms with van der Waals surface area (Å²) < 4.78 is 0. The van der Waals surface area contributed by atoms with Crippen molar-refractivity contribution in [2.75, 3.05) is 20.6 Å². The average molecular weight is 144 g/mol. The van der Waals surface area contributed by atoms with Gasteiger partial charge in [-0.25, -0.2) is 0 Å². The van der Waals surface area contributed by atoms with Crippen LogP contribution in [0.5, 0.6) is 0 Å². The molecule has 0 saturated heterocycles. The van der Waals surface area contributed by atoms with Crippen molar-refractivity contribution in [2.45, 2.75) is 26.3 Å². The highest BCUT2D eigenvalue weighted by Gasteiger charge is 2.09. The molecule has 0 saturated carbocycles. The van der Waals surface area contributed by atoms with Gasteiger partial charge >= 0.3 is 0 Å². The lowest BCUT2D eigenvalue weighted by Gasteiger charge is -2.24. The van der Waals surface area contributed by atoms with E-state index in [1.165, 1.54) is 6.42 Å². The zero-order valence-corrected chi connectivity index (χ0v) is 7.59. The Morgan fingerprint density at radius 3 is 1.90 bits per heavy atom. The molecule has 2 heteroatoms. The third kappa shape index (κ3) is 3.85. The molecule has 0 aromatic rings. The molecule has 0 bridgehead atoms. The highest BCUT2D eigenvalue weighted by Crippen LogP contribution is 2.06. The van der Waals surface area contributed by atoms with Crippen LogP contribution in [0, 0.1) is 5.92 Å². The van der Waals surface area contributed by atoms with Gasteiger partial charge in [0.2, 0.25) is 0 Å². The van der Waals surface area contributed by atoms with E-state index in [0.29, 0.717) is 6.04 Å². The minimum Gasteiger partial charge on any atom is -0.329 e. The topological polar surface area (TPSA) is 29.3 Å². The lowest BCUT2D eigenvalue weighted by molar-refractivity contribution is 0.261. The molecule has 0 aromatic carbocycles. The highest BCUT2D eigenvalue weighted by atomic mass is 15.1. The van der Waals surface area contributed by atoms with Gasteiger partial charge in [-0.2, -0.15) is 0 Å². The van der Waals surface area contributed by atoms with Crippen LogP contribution in [0.4, 0.5) is 0 Å².